The summed E-state index contributed by atoms with van der Waals surface area (Å²) >= 11 is 0. The number of rotatable bonds is 4. The van der Waals surface area contributed by atoms with Crippen LogP contribution in [0.4, 0.5) is 0 Å². The van der Waals surface area contributed by atoms with Crippen molar-refractivity contribution in [3.8, 4) is 11.3 Å². The van der Waals surface area contributed by atoms with E-state index in [1.54, 1.807) is 6.08 Å². The van der Waals surface area contributed by atoms with Gasteiger partial charge in [0.05, 0.1) is 5.69 Å². The molecule has 0 bridgehead atoms. The fraction of sp³-hybridized carbons (Fsp3) is 0.0625. The van der Waals surface area contributed by atoms with Crippen LogP contribution in [-0.2, 0) is 0 Å². The minimum atomic E-state index is -1.04. The second kappa shape index (κ2) is 5.69. The minimum absolute atomic E-state index is 0.0463. The van der Waals surface area contributed by atoms with Gasteiger partial charge in [0.1, 0.15) is 17.1 Å². The maximum absolute atomic E-state index is 10.8. The van der Waals surface area contributed by atoms with Crippen molar-refractivity contribution in [2.24, 2.45) is 0 Å². The molecule has 0 fully saturated rings. The summed E-state index contributed by atoms with van der Waals surface area (Å²) in [5.74, 6) is -0.359. The van der Waals surface area contributed by atoms with E-state index in [9.17, 15) is 4.79 Å². The van der Waals surface area contributed by atoms with E-state index in [-0.39, 0.29) is 5.69 Å². The Balaban J connectivity index is 1.93. The van der Waals surface area contributed by atoms with Crippen molar-refractivity contribution in [3.63, 3.8) is 0 Å². The Bertz CT molecular complexity index is 831. The third-order valence-corrected chi connectivity index (χ3v) is 3.20. The van der Waals surface area contributed by atoms with Crippen LogP contribution in [0.3, 0.4) is 0 Å². The van der Waals surface area contributed by atoms with Gasteiger partial charge in [0.15, 0.2) is 0 Å². The van der Waals surface area contributed by atoms with Crippen LogP contribution in [-0.4, -0.2) is 26.4 Å². The van der Waals surface area contributed by atoms with Gasteiger partial charge in [-0.25, -0.2) is 4.79 Å². The molecule has 0 aliphatic rings. The first-order chi connectivity index (χ1) is 10.6. The highest BCUT2D eigenvalue weighted by Crippen LogP contribution is 2.26. The van der Waals surface area contributed by atoms with Gasteiger partial charge in [-0.05, 0) is 25.1 Å². The lowest BCUT2D eigenvalue weighted by atomic mass is 10.1. The van der Waals surface area contributed by atoms with Gasteiger partial charge < -0.3 is 9.63 Å². The summed E-state index contributed by atoms with van der Waals surface area (Å²) in [5.41, 5.74) is 3.10. The van der Waals surface area contributed by atoms with Gasteiger partial charge in [-0.2, -0.15) is 5.10 Å². The molecule has 0 atom stereocenters. The molecule has 2 N–H and O–H groups in total. The first kappa shape index (κ1) is 13.8. The molecule has 2 heterocycles. The summed E-state index contributed by atoms with van der Waals surface area (Å²) in [6.07, 6.45) is 3.53. The minimum Gasteiger partial charge on any atom is -0.477 e. The Morgan fingerprint density at radius 2 is 2.05 bits per heavy atom. The molecule has 6 nitrogen and oxygen atoms in total. The predicted molar refractivity (Wildman–Crippen MR) is 81.2 cm³/mol. The van der Waals surface area contributed by atoms with Crippen LogP contribution in [0.5, 0.6) is 0 Å². The first-order valence-corrected chi connectivity index (χ1v) is 6.63. The van der Waals surface area contributed by atoms with Crippen LogP contribution in [0, 0.1) is 6.92 Å². The number of carboxylic acid groups (broad SMARTS) is 1. The van der Waals surface area contributed by atoms with Gasteiger partial charge in [0.2, 0.25) is 0 Å². The number of carboxylic acids is 1. The molecule has 0 radical (unpaired) electrons. The monoisotopic (exact) mass is 295 g/mol. The van der Waals surface area contributed by atoms with Gasteiger partial charge in [-0.15, -0.1) is 0 Å². The molecule has 2 aromatic heterocycles. The quantitative estimate of drug-likeness (QED) is 0.770. The number of aromatic nitrogens is 3. The molecular formula is C16H13N3O3. The van der Waals surface area contributed by atoms with Crippen molar-refractivity contribution >= 4 is 18.1 Å². The van der Waals surface area contributed by atoms with Crippen molar-refractivity contribution in [3.05, 3.63) is 59.1 Å². The van der Waals surface area contributed by atoms with E-state index in [0.717, 1.165) is 16.8 Å². The molecule has 3 rings (SSSR count). The third-order valence-electron chi connectivity index (χ3n) is 3.20. The molecule has 3 aromatic rings. The van der Waals surface area contributed by atoms with Crippen LogP contribution < -0.4 is 0 Å². The normalized spacial score (nSPS) is 11.1. The lowest BCUT2D eigenvalue weighted by Gasteiger charge is -1.97. The number of hydrogen-bond donors (Lipinski definition) is 2. The standard InChI is InChI=1S/C16H13N3O3/c1-10-13(8-7-12-9-14(16(20)21)18-17-12)15(19-22-10)11-5-3-2-4-6-11/h2-9H,1H3,(H,17,18)(H,20,21)/b8-7-. The van der Waals surface area contributed by atoms with Crippen molar-refractivity contribution in [2.45, 2.75) is 6.92 Å². The second-order valence-corrected chi connectivity index (χ2v) is 4.71. The average Bonchev–Trinajstić information content (AvgIpc) is 3.13. The Morgan fingerprint density at radius 1 is 1.27 bits per heavy atom. The lowest BCUT2D eigenvalue weighted by Crippen LogP contribution is -1.95. The number of nitrogens with zero attached hydrogens (tertiary/aromatic N) is 2. The van der Waals surface area contributed by atoms with Crippen LogP contribution in [0.2, 0.25) is 0 Å². The summed E-state index contributed by atoms with van der Waals surface area (Å²) in [6, 6.07) is 11.2. The molecule has 0 spiro atoms. The van der Waals surface area contributed by atoms with Crippen molar-refractivity contribution in [1.82, 2.24) is 15.4 Å². The number of benzene rings is 1. The zero-order chi connectivity index (χ0) is 15.5. The van der Waals surface area contributed by atoms with E-state index in [2.05, 4.69) is 15.4 Å². The maximum Gasteiger partial charge on any atom is 0.353 e. The van der Waals surface area contributed by atoms with Crippen LogP contribution in [0.15, 0.2) is 40.9 Å². The molecule has 0 aliphatic carbocycles. The topological polar surface area (TPSA) is 92.0 Å². The first-order valence-electron chi connectivity index (χ1n) is 6.63. The molecule has 110 valence electrons. The summed E-state index contributed by atoms with van der Waals surface area (Å²) in [6.45, 7) is 1.83. The molecule has 22 heavy (non-hydrogen) atoms. The predicted octanol–water partition coefficient (Wildman–Crippen LogP) is 3.24. The smallest absolute Gasteiger partial charge is 0.353 e. The Morgan fingerprint density at radius 3 is 2.73 bits per heavy atom. The van der Waals surface area contributed by atoms with Gasteiger partial charge in [0.25, 0.3) is 0 Å². The molecule has 1 aromatic carbocycles. The number of carbonyl (C=O) groups is 1. The van der Waals surface area contributed by atoms with Crippen molar-refractivity contribution in [1.29, 1.82) is 0 Å². The number of H-pyrrole nitrogens is 1. The summed E-state index contributed by atoms with van der Waals surface area (Å²) < 4.78 is 5.26. The van der Waals surface area contributed by atoms with E-state index in [4.69, 9.17) is 9.63 Å². The van der Waals surface area contributed by atoms with E-state index in [1.807, 2.05) is 43.3 Å². The highest BCUT2D eigenvalue weighted by molar-refractivity contribution is 5.86. The zero-order valence-electron chi connectivity index (χ0n) is 11.8. The highest BCUT2D eigenvalue weighted by Gasteiger charge is 2.12. The fourth-order valence-corrected chi connectivity index (χ4v) is 2.08. The van der Waals surface area contributed by atoms with Gasteiger partial charge in [0, 0.05) is 11.1 Å². The zero-order valence-corrected chi connectivity index (χ0v) is 11.8. The van der Waals surface area contributed by atoms with E-state index >= 15 is 0 Å². The fourth-order valence-electron chi connectivity index (χ4n) is 2.08. The van der Waals surface area contributed by atoms with Gasteiger partial charge in [-0.1, -0.05) is 35.5 Å². The molecule has 0 saturated carbocycles. The SMILES string of the molecule is Cc1onc(-c2ccccc2)c1/C=C\c1cc(C(=O)O)[nH]n1. The van der Waals surface area contributed by atoms with Gasteiger partial charge in [-0.3, -0.25) is 5.10 Å². The second-order valence-electron chi connectivity index (χ2n) is 4.71. The van der Waals surface area contributed by atoms with Crippen LogP contribution in [0.25, 0.3) is 23.4 Å². The third kappa shape index (κ3) is 2.67. The van der Waals surface area contributed by atoms with Crippen molar-refractivity contribution < 1.29 is 14.4 Å². The molecule has 6 heteroatoms. The molecule has 0 unspecified atom stereocenters. The van der Waals surface area contributed by atoms with E-state index < -0.39 is 5.97 Å². The molecular weight excluding hydrogens is 282 g/mol. The van der Waals surface area contributed by atoms with E-state index in [0.29, 0.717) is 11.5 Å². The summed E-state index contributed by atoms with van der Waals surface area (Å²) in [7, 11) is 0. The Labute approximate surface area is 126 Å². The summed E-state index contributed by atoms with van der Waals surface area (Å²) in [4.78, 5) is 10.8. The molecule has 0 saturated heterocycles. The Kier molecular flexibility index (Phi) is 3.57. The highest BCUT2D eigenvalue weighted by atomic mass is 16.5. The number of hydrogen-bond acceptors (Lipinski definition) is 4. The maximum atomic E-state index is 10.8. The summed E-state index contributed by atoms with van der Waals surface area (Å²) in [5, 5.41) is 19.3. The largest absolute Gasteiger partial charge is 0.477 e. The number of nitrogens with one attached hydrogen (secondary N) is 1. The molecule has 0 amide bonds. The van der Waals surface area contributed by atoms with Crippen molar-refractivity contribution in [2.75, 3.05) is 0 Å². The number of aryl methyl sites for hydroxylation is 1. The average molecular weight is 295 g/mol. The van der Waals surface area contributed by atoms with Crippen LogP contribution >= 0.6 is 0 Å². The molecule has 0 aliphatic heterocycles. The lowest BCUT2D eigenvalue weighted by molar-refractivity contribution is 0.0690. The Hall–Kier alpha value is -3.15. The van der Waals surface area contributed by atoms with Gasteiger partial charge >= 0.3 is 5.97 Å². The van der Waals surface area contributed by atoms with Crippen LogP contribution in [0.1, 0.15) is 27.5 Å². The van der Waals surface area contributed by atoms with E-state index in [1.165, 1.54) is 6.07 Å². The number of aromatic carboxylic acids is 1. The number of aromatic amines is 1.